The number of imidazole rings is 1. The summed E-state index contributed by atoms with van der Waals surface area (Å²) in [5.74, 6) is 0.379. The summed E-state index contributed by atoms with van der Waals surface area (Å²) in [7, 11) is 3.07. The van der Waals surface area contributed by atoms with E-state index in [9.17, 15) is 19.8 Å². The molecule has 0 atom stereocenters. The lowest BCUT2D eigenvalue weighted by Gasteiger charge is -2.15. The van der Waals surface area contributed by atoms with Crippen molar-refractivity contribution >= 4 is 17.1 Å². The summed E-state index contributed by atoms with van der Waals surface area (Å²) < 4.78 is 4.34. The number of phenolic OH excluding ortho intramolecular Hbond substituents is 2. The molecule has 1 aliphatic heterocycles. The Morgan fingerprint density at radius 1 is 1.08 bits per heavy atom. The average Bonchev–Trinajstić information content (AvgIpc) is 3.18. The van der Waals surface area contributed by atoms with Crippen molar-refractivity contribution in [2.75, 3.05) is 18.0 Å². The molecule has 2 N–H and O–H groups in total. The Morgan fingerprint density at radius 2 is 1.85 bits per heavy atom. The molecule has 3 aromatic rings. The van der Waals surface area contributed by atoms with Crippen LogP contribution < -0.4 is 16.1 Å². The fourth-order valence-electron chi connectivity index (χ4n) is 3.41. The molecule has 0 radical (unpaired) electrons. The molecule has 9 heteroatoms. The van der Waals surface area contributed by atoms with E-state index < -0.39 is 5.69 Å². The highest BCUT2D eigenvalue weighted by Gasteiger charge is 2.27. The first-order valence-electron chi connectivity index (χ1n) is 8.30. The summed E-state index contributed by atoms with van der Waals surface area (Å²) >= 11 is 0. The average molecular weight is 357 g/mol. The molecular formula is C17H19N5O4. The van der Waals surface area contributed by atoms with E-state index in [1.807, 2.05) is 9.47 Å². The Hall–Kier alpha value is -3.23. The SMILES string of the molecule is Cn1c(=O)c2c(nc3n2CCN3CCc2ccc(O)c(O)c2)n(C)c1=O. The summed E-state index contributed by atoms with van der Waals surface area (Å²) in [6.07, 6.45) is 0.647. The number of phenols is 2. The van der Waals surface area contributed by atoms with Crippen molar-refractivity contribution in [3.63, 3.8) is 0 Å². The van der Waals surface area contributed by atoms with Gasteiger partial charge in [-0.25, -0.2) is 4.79 Å². The van der Waals surface area contributed by atoms with Crippen molar-refractivity contribution in [1.29, 1.82) is 0 Å². The highest BCUT2D eigenvalue weighted by Crippen LogP contribution is 2.27. The van der Waals surface area contributed by atoms with Gasteiger partial charge >= 0.3 is 5.69 Å². The molecule has 0 saturated carbocycles. The van der Waals surface area contributed by atoms with Crippen LogP contribution in [-0.2, 0) is 27.1 Å². The summed E-state index contributed by atoms with van der Waals surface area (Å²) in [5.41, 5.74) is 0.977. The van der Waals surface area contributed by atoms with Gasteiger partial charge in [0.15, 0.2) is 22.7 Å². The Morgan fingerprint density at radius 3 is 2.58 bits per heavy atom. The second-order valence-electron chi connectivity index (χ2n) is 6.50. The Labute approximate surface area is 148 Å². The number of benzene rings is 1. The van der Waals surface area contributed by atoms with E-state index in [-0.39, 0.29) is 17.1 Å². The molecule has 136 valence electrons. The van der Waals surface area contributed by atoms with Crippen LogP contribution in [0.25, 0.3) is 11.2 Å². The molecule has 0 saturated heterocycles. The molecule has 2 aromatic heterocycles. The van der Waals surface area contributed by atoms with Crippen LogP contribution in [0.3, 0.4) is 0 Å². The summed E-state index contributed by atoms with van der Waals surface area (Å²) in [6, 6.07) is 4.75. The molecule has 3 heterocycles. The highest BCUT2D eigenvalue weighted by atomic mass is 16.3. The third-order valence-corrected chi connectivity index (χ3v) is 4.91. The second kappa shape index (κ2) is 5.65. The zero-order valence-corrected chi connectivity index (χ0v) is 14.5. The van der Waals surface area contributed by atoms with Crippen LogP contribution in [0, 0.1) is 0 Å². The Bertz CT molecular complexity index is 1140. The van der Waals surface area contributed by atoms with Gasteiger partial charge in [-0.05, 0) is 24.1 Å². The smallest absolute Gasteiger partial charge is 0.332 e. The van der Waals surface area contributed by atoms with Gasteiger partial charge in [0.1, 0.15) is 0 Å². The standard InChI is InChI=1S/C17H19N5O4/c1-19-14-13(15(25)20(2)17(19)26)22-8-7-21(16(22)18-14)6-5-10-3-4-11(23)12(24)9-10/h3-4,9,23-24H,5-8H2,1-2H3. The number of hydrogen-bond donors (Lipinski definition) is 2. The summed E-state index contributed by atoms with van der Waals surface area (Å²) in [5, 5.41) is 19.0. The molecule has 4 rings (SSSR count). The van der Waals surface area contributed by atoms with E-state index in [0.717, 1.165) is 10.1 Å². The predicted molar refractivity (Wildman–Crippen MR) is 95.9 cm³/mol. The number of rotatable bonds is 3. The van der Waals surface area contributed by atoms with Crippen LogP contribution in [0.1, 0.15) is 5.56 Å². The number of anilines is 1. The maximum Gasteiger partial charge on any atom is 0.332 e. The molecule has 1 aromatic carbocycles. The monoisotopic (exact) mass is 357 g/mol. The first kappa shape index (κ1) is 16.2. The molecule has 0 spiro atoms. The van der Waals surface area contributed by atoms with E-state index in [1.54, 1.807) is 13.1 Å². The minimum absolute atomic E-state index is 0.144. The number of aryl methyl sites for hydroxylation is 1. The van der Waals surface area contributed by atoms with Crippen LogP contribution in [0.5, 0.6) is 11.5 Å². The van der Waals surface area contributed by atoms with Gasteiger partial charge in [0, 0.05) is 33.7 Å². The summed E-state index contributed by atoms with van der Waals surface area (Å²) in [4.78, 5) is 31.2. The molecular weight excluding hydrogens is 338 g/mol. The lowest BCUT2D eigenvalue weighted by molar-refractivity contribution is 0.403. The normalized spacial score (nSPS) is 13.5. The Balaban J connectivity index is 1.68. The van der Waals surface area contributed by atoms with Crippen molar-refractivity contribution in [1.82, 2.24) is 18.7 Å². The quantitative estimate of drug-likeness (QED) is 0.635. The van der Waals surface area contributed by atoms with Crippen molar-refractivity contribution in [3.8, 4) is 11.5 Å². The molecule has 1 aliphatic rings. The minimum atomic E-state index is -0.398. The van der Waals surface area contributed by atoms with E-state index in [0.29, 0.717) is 43.2 Å². The van der Waals surface area contributed by atoms with Crippen molar-refractivity contribution < 1.29 is 10.2 Å². The van der Waals surface area contributed by atoms with E-state index in [4.69, 9.17) is 0 Å². The predicted octanol–water partition coefficient (Wildman–Crippen LogP) is -0.0924. The van der Waals surface area contributed by atoms with Crippen LogP contribution in [-0.4, -0.2) is 42.0 Å². The van der Waals surface area contributed by atoms with Crippen LogP contribution >= 0.6 is 0 Å². The van der Waals surface area contributed by atoms with Crippen LogP contribution in [0.2, 0.25) is 0 Å². The van der Waals surface area contributed by atoms with Crippen molar-refractivity contribution in [3.05, 3.63) is 44.6 Å². The first-order chi connectivity index (χ1) is 12.4. The Kier molecular flexibility index (Phi) is 3.53. The third-order valence-electron chi connectivity index (χ3n) is 4.91. The fourth-order valence-corrected chi connectivity index (χ4v) is 3.41. The van der Waals surface area contributed by atoms with Gasteiger partial charge in [0.2, 0.25) is 5.95 Å². The van der Waals surface area contributed by atoms with E-state index in [2.05, 4.69) is 4.98 Å². The van der Waals surface area contributed by atoms with E-state index >= 15 is 0 Å². The zero-order valence-electron chi connectivity index (χ0n) is 14.5. The van der Waals surface area contributed by atoms with Crippen molar-refractivity contribution in [2.24, 2.45) is 14.1 Å². The number of aromatic hydroxyl groups is 2. The fraction of sp³-hybridized carbons (Fsp3) is 0.353. The number of aromatic nitrogens is 4. The van der Waals surface area contributed by atoms with Gasteiger partial charge in [-0.2, -0.15) is 4.98 Å². The topological polar surface area (TPSA) is 106 Å². The molecule has 9 nitrogen and oxygen atoms in total. The maximum absolute atomic E-state index is 12.5. The molecule has 0 aliphatic carbocycles. The first-order valence-corrected chi connectivity index (χ1v) is 8.30. The van der Waals surface area contributed by atoms with Crippen LogP contribution in [0.4, 0.5) is 5.95 Å². The lowest BCUT2D eigenvalue weighted by atomic mass is 10.1. The maximum atomic E-state index is 12.5. The van der Waals surface area contributed by atoms with Gasteiger partial charge in [-0.3, -0.25) is 13.9 Å². The van der Waals surface area contributed by atoms with Gasteiger partial charge in [0.05, 0.1) is 0 Å². The number of hydrogen-bond acceptors (Lipinski definition) is 6. The lowest BCUT2D eigenvalue weighted by Crippen LogP contribution is -2.37. The number of fused-ring (bicyclic) bond motifs is 3. The number of nitrogens with zero attached hydrogens (tertiary/aromatic N) is 5. The minimum Gasteiger partial charge on any atom is -0.504 e. The van der Waals surface area contributed by atoms with Gasteiger partial charge in [-0.1, -0.05) is 6.07 Å². The molecule has 26 heavy (non-hydrogen) atoms. The third kappa shape index (κ3) is 2.27. The largest absolute Gasteiger partial charge is 0.504 e. The second-order valence-corrected chi connectivity index (χ2v) is 6.50. The van der Waals surface area contributed by atoms with Gasteiger partial charge in [0.25, 0.3) is 5.56 Å². The van der Waals surface area contributed by atoms with Gasteiger partial charge in [-0.15, -0.1) is 0 Å². The molecule has 0 unspecified atom stereocenters. The van der Waals surface area contributed by atoms with E-state index in [1.165, 1.54) is 23.7 Å². The van der Waals surface area contributed by atoms with Crippen molar-refractivity contribution in [2.45, 2.75) is 13.0 Å². The highest BCUT2D eigenvalue weighted by molar-refractivity contribution is 5.75. The molecule has 0 amide bonds. The summed E-state index contributed by atoms with van der Waals surface area (Å²) in [6.45, 7) is 1.98. The van der Waals surface area contributed by atoms with Gasteiger partial charge < -0.3 is 19.7 Å². The molecule has 0 fully saturated rings. The zero-order chi connectivity index (χ0) is 18.6. The van der Waals surface area contributed by atoms with Crippen LogP contribution in [0.15, 0.2) is 27.8 Å². The molecule has 0 bridgehead atoms.